The second-order valence-corrected chi connectivity index (χ2v) is 10.8. The van der Waals surface area contributed by atoms with E-state index in [1.807, 2.05) is 66.7 Å². The Hall–Kier alpha value is -4.88. The molecule has 1 nitrogen and oxygen atoms in total. The maximum atomic E-state index is 8.79. The number of hydrogen-bond donors (Lipinski definition) is 0. The summed E-state index contributed by atoms with van der Waals surface area (Å²) in [5, 5.41) is 0. The van der Waals surface area contributed by atoms with Crippen molar-refractivity contribution in [3.63, 3.8) is 0 Å². The molecular formula is C41H32O. The van der Waals surface area contributed by atoms with Crippen LogP contribution in [0.2, 0.25) is 0 Å². The summed E-state index contributed by atoms with van der Waals surface area (Å²) in [5.74, 6) is -0.551. The van der Waals surface area contributed by atoms with Gasteiger partial charge in [0, 0.05) is 38.6 Å². The minimum atomic E-state index is -3.23. The van der Waals surface area contributed by atoms with E-state index in [2.05, 4.69) is 18.2 Å². The fraction of sp³-hybridized carbons (Fsp3) is 0.122. The van der Waals surface area contributed by atoms with Crippen LogP contribution in [-0.2, 0) is 5.41 Å². The Morgan fingerprint density at radius 2 is 1.10 bits per heavy atom. The molecule has 1 aliphatic carbocycles. The minimum absolute atomic E-state index is 0.00802. The van der Waals surface area contributed by atoms with Crippen LogP contribution in [0.1, 0.15) is 52.4 Å². The van der Waals surface area contributed by atoms with E-state index in [1.165, 1.54) is 24.3 Å². The van der Waals surface area contributed by atoms with Gasteiger partial charge in [0.25, 0.3) is 0 Å². The molecule has 6 aromatic rings. The van der Waals surface area contributed by atoms with Crippen molar-refractivity contribution < 1.29 is 21.2 Å². The van der Waals surface area contributed by atoms with Crippen LogP contribution in [0.3, 0.4) is 0 Å². The Morgan fingerprint density at radius 3 is 1.67 bits per heavy atom. The molecule has 0 amide bonds. The fourth-order valence-corrected chi connectivity index (χ4v) is 6.46. The van der Waals surface area contributed by atoms with E-state index in [9.17, 15) is 0 Å². The highest BCUT2D eigenvalue weighted by atomic mass is 16.5. The summed E-state index contributed by atoms with van der Waals surface area (Å²) in [6, 6.07) is 35.5. The first kappa shape index (κ1) is 15.4. The van der Waals surface area contributed by atoms with Gasteiger partial charge < -0.3 is 4.74 Å². The lowest BCUT2D eigenvalue weighted by atomic mass is 9.74. The molecule has 8 rings (SSSR count). The van der Waals surface area contributed by atoms with Gasteiger partial charge in [-0.15, -0.1) is 0 Å². The van der Waals surface area contributed by atoms with Gasteiger partial charge in [-0.2, -0.15) is 0 Å². The van der Waals surface area contributed by atoms with Crippen molar-refractivity contribution in [2.24, 2.45) is 0 Å². The Kier molecular flexibility index (Phi) is 3.32. The third-order valence-corrected chi connectivity index (χ3v) is 8.41. The highest BCUT2D eigenvalue weighted by Crippen LogP contribution is 2.54. The van der Waals surface area contributed by atoms with Crippen molar-refractivity contribution in [1.29, 1.82) is 0 Å². The molecule has 0 unspecified atom stereocenters. The number of aryl methyl sites for hydroxylation is 2. The quantitative estimate of drug-likeness (QED) is 0.197. The molecule has 0 spiro atoms. The maximum Gasteiger partial charge on any atom is 0.139 e. The van der Waals surface area contributed by atoms with Crippen LogP contribution >= 0.6 is 0 Å². The van der Waals surface area contributed by atoms with Crippen molar-refractivity contribution in [1.82, 2.24) is 0 Å². The van der Waals surface area contributed by atoms with Crippen LogP contribution in [-0.4, -0.2) is 0 Å². The van der Waals surface area contributed by atoms with Gasteiger partial charge in [0.15, 0.2) is 0 Å². The zero-order chi connectivity index (χ0) is 38.6. The molecule has 0 N–H and O–H groups in total. The summed E-state index contributed by atoms with van der Waals surface area (Å²) in [7, 11) is 0. The fourth-order valence-electron chi connectivity index (χ4n) is 6.46. The largest absolute Gasteiger partial charge is 0.456 e. The minimum Gasteiger partial charge on any atom is -0.456 e. The van der Waals surface area contributed by atoms with Crippen LogP contribution in [0, 0.1) is 13.7 Å². The van der Waals surface area contributed by atoms with E-state index in [0.717, 1.165) is 50.6 Å². The normalized spacial score (nSPS) is 19.0. The van der Waals surface area contributed by atoms with E-state index in [-0.39, 0.29) is 39.3 Å². The second-order valence-electron chi connectivity index (χ2n) is 10.8. The van der Waals surface area contributed by atoms with E-state index < -0.39 is 32.8 Å². The van der Waals surface area contributed by atoms with Crippen LogP contribution in [0.25, 0.3) is 55.6 Å². The van der Waals surface area contributed by atoms with Crippen molar-refractivity contribution in [2.45, 2.75) is 32.8 Å². The van der Waals surface area contributed by atoms with Crippen molar-refractivity contribution in [3.8, 4) is 67.1 Å². The molecule has 6 aromatic carbocycles. The molecule has 0 saturated heterocycles. The Bertz CT molecular complexity index is 2470. The van der Waals surface area contributed by atoms with Crippen LogP contribution in [0.5, 0.6) is 11.5 Å². The van der Waals surface area contributed by atoms with E-state index in [1.54, 1.807) is 6.07 Å². The van der Waals surface area contributed by atoms with E-state index >= 15 is 0 Å². The van der Waals surface area contributed by atoms with Crippen molar-refractivity contribution in [2.75, 3.05) is 0 Å². The lowest BCUT2D eigenvalue weighted by Gasteiger charge is -2.36. The predicted octanol–water partition coefficient (Wildman–Crippen LogP) is 11.4. The summed E-state index contributed by atoms with van der Waals surface area (Å²) in [6.45, 7) is -11.9. The summed E-state index contributed by atoms with van der Waals surface area (Å²) in [5.41, 5.74) is 4.19. The molecule has 42 heavy (non-hydrogen) atoms. The van der Waals surface area contributed by atoms with Gasteiger partial charge in [-0.1, -0.05) is 123 Å². The molecule has 0 saturated carbocycles. The molecule has 0 fully saturated rings. The third kappa shape index (κ3) is 3.56. The number of benzene rings is 6. The summed E-state index contributed by atoms with van der Waals surface area (Å²) < 4.78 is 109. The van der Waals surface area contributed by atoms with Gasteiger partial charge in [-0.05, 0) is 87.0 Å². The molecule has 1 heteroatoms. The highest BCUT2D eigenvalue weighted by molar-refractivity contribution is 6.04. The molecule has 0 radical (unpaired) electrons. The van der Waals surface area contributed by atoms with Crippen LogP contribution < -0.4 is 4.74 Å². The average molecular weight is 553 g/mol. The van der Waals surface area contributed by atoms with Gasteiger partial charge in [0.05, 0.1) is 0 Å². The third-order valence-electron chi connectivity index (χ3n) is 8.41. The van der Waals surface area contributed by atoms with Gasteiger partial charge in [-0.3, -0.25) is 0 Å². The number of rotatable bonds is 1. The molecule has 1 aliphatic heterocycles. The van der Waals surface area contributed by atoms with Gasteiger partial charge in [0.1, 0.15) is 11.5 Å². The van der Waals surface area contributed by atoms with Crippen molar-refractivity contribution >= 4 is 0 Å². The van der Waals surface area contributed by atoms with Gasteiger partial charge >= 0.3 is 0 Å². The van der Waals surface area contributed by atoms with Crippen molar-refractivity contribution in [3.05, 3.63) is 144 Å². The first-order valence-corrected chi connectivity index (χ1v) is 13.8. The zero-order valence-corrected chi connectivity index (χ0v) is 22.5. The lowest BCUT2D eigenvalue weighted by Crippen LogP contribution is -2.25. The molecule has 0 atom stereocenters. The molecule has 0 bridgehead atoms. The number of ether oxygens (including phenoxy) is 1. The first-order valence-electron chi connectivity index (χ1n) is 19.8. The summed E-state index contributed by atoms with van der Waals surface area (Å²) in [6.07, 6.45) is 0. The molecule has 1 heterocycles. The number of fused-ring (bicyclic) bond motifs is 10. The molecule has 202 valence electrons. The zero-order valence-electron chi connectivity index (χ0n) is 34.5. The second kappa shape index (κ2) is 9.06. The molecule has 0 aromatic heterocycles. The predicted molar refractivity (Wildman–Crippen MR) is 175 cm³/mol. The first-order chi connectivity index (χ1) is 25.3. The SMILES string of the molecule is [2H]C([2H])([2H])c1ccc2c(c1)Oc1c(ccc(C([2H])([2H])[2H])c1-c1ccc3c(c1)-c1ccccc1-c1ccccc1-c1ccccc1-3)C2(C([2H])([2H])[2H])C([2H])([2H])[2H]. The topological polar surface area (TPSA) is 9.23 Å². The molecule has 2 aliphatic rings. The van der Waals surface area contributed by atoms with Crippen LogP contribution in [0.4, 0.5) is 0 Å². The average Bonchev–Trinajstić information content (AvgIpc) is 3.10. The number of hydrogen-bond acceptors (Lipinski definition) is 1. The Labute approximate surface area is 265 Å². The smallest absolute Gasteiger partial charge is 0.139 e. The van der Waals surface area contributed by atoms with Crippen LogP contribution in [0.15, 0.2) is 121 Å². The Balaban J connectivity index is 1.49. The highest BCUT2D eigenvalue weighted by Gasteiger charge is 2.36. The maximum absolute atomic E-state index is 8.79. The van der Waals surface area contributed by atoms with Gasteiger partial charge in [-0.25, -0.2) is 0 Å². The van der Waals surface area contributed by atoms with E-state index in [0.29, 0.717) is 5.56 Å². The Morgan fingerprint density at radius 1 is 0.524 bits per heavy atom. The lowest BCUT2D eigenvalue weighted by molar-refractivity contribution is 0.419. The molecular weight excluding hydrogens is 508 g/mol. The summed E-state index contributed by atoms with van der Waals surface area (Å²) in [4.78, 5) is 0. The summed E-state index contributed by atoms with van der Waals surface area (Å²) >= 11 is 0. The van der Waals surface area contributed by atoms with E-state index in [4.69, 9.17) is 21.2 Å². The monoisotopic (exact) mass is 552 g/mol. The standard InChI is InChI=1S/C41H32O/c1-25-17-21-36-38(23-25)42-40-37(41(36,3)4)22-18-26(2)39(40)27-19-20-34-32-15-8-7-13-30(32)28-11-5-6-12-29(28)31-14-9-10-16-33(31)35(34)24-27/h5-24H,1-4H3/i1D3,2D3,3D3,4D3. The van der Waals surface area contributed by atoms with Gasteiger partial charge in [0.2, 0.25) is 0 Å².